The molecule has 2 rings (SSSR count). The van der Waals surface area contributed by atoms with Crippen molar-refractivity contribution in [2.75, 3.05) is 13.6 Å². The van der Waals surface area contributed by atoms with E-state index in [0.717, 1.165) is 10.5 Å². The Bertz CT molecular complexity index is 638. The SMILES string of the molecule is CNC(=O)C1CCCN1S(=O)(=O)c1[nH]ncc1C(=O)O. The molecule has 0 aliphatic carbocycles. The summed E-state index contributed by atoms with van der Waals surface area (Å²) >= 11 is 0. The molecule has 1 aromatic heterocycles. The molecule has 0 radical (unpaired) electrons. The number of nitrogens with one attached hydrogen (secondary N) is 2. The van der Waals surface area contributed by atoms with E-state index in [1.165, 1.54) is 7.05 Å². The highest BCUT2D eigenvalue weighted by Gasteiger charge is 2.41. The van der Waals surface area contributed by atoms with Crippen molar-refractivity contribution in [2.24, 2.45) is 0 Å². The number of likely N-dealkylation sites (N-methyl/N-ethyl adjacent to an activating group) is 1. The van der Waals surface area contributed by atoms with E-state index < -0.39 is 38.5 Å². The summed E-state index contributed by atoms with van der Waals surface area (Å²) in [6, 6.07) is -0.824. The van der Waals surface area contributed by atoms with Gasteiger partial charge in [-0.1, -0.05) is 0 Å². The second-order valence-corrected chi connectivity index (χ2v) is 6.13. The zero-order chi connectivity index (χ0) is 14.9. The van der Waals surface area contributed by atoms with Gasteiger partial charge >= 0.3 is 5.97 Å². The highest BCUT2D eigenvalue weighted by atomic mass is 32.2. The van der Waals surface area contributed by atoms with E-state index in [1.807, 2.05) is 0 Å². The van der Waals surface area contributed by atoms with Crippen LogP contribution in [0.1, 0.15) is 23.2 Å². The molecule has 2 heterocycles. The first-order valence-corrected chi connectivity index (χ1v) is 7.33. The molecular weight excluding hydrogens is 288 g/mol. The Morgan fingerprint density at radius 3 is 2.85 bits per heavy atom. The summed E-state index contributed by atoms with van der Waals surface area (Å²) in [5.41, 5.74) is -0.437. The maximum absolute atomic E-state index is 12.5. The predicted molar refractivity (Wildman–Crippen MR) is 66.5 cm³/mol. The van der Waals surface area contributed by atoms with Crippen molar-refractivity contribution in [2.45, 2.75) is 23.9 Å². The van der Waals surface area contributed by atoms with Crippen LogP contribution in [0.15, 0.2) is 11.2 Å². The molecule has 1 atom stereocenters. The number of H-pyrrole nitrogens is 1. The van der Waals surface area contributed by atoms with Crippen LogP contribution >= 0.6 is 0 Å². The highest BCUT2D eigenvalue weighted by Crippen LogP contribution is 2.26. The van der Waals surface area contributed by atoms with Crippen LogP contribution in [0, 0.1) is 0 Å². The largest absolute Gasteiger partial charge is 0.478 e. The van der Waals surface area contributed by atoms with E-state index in [0.29, 0.717) is 12.8 Å². The number of sulfonamides is 1. The topological polar surface area (TPSA) is 132 Å². The van der Waals surface area contributed by atoms with Crippen molar-refractivity contribution in [3.63, 3.8) is 0 Å². The summed E-state index contributed by atoms with van der Waals surface area (Å²) in [6.07, 6.45) is 1.86. The molecule has 1 fully saturated rings. The third-order valence-corrected chi connectivity index (χ3v) is 5.04. The van der Waals surface area contributed by atoms with Crippen LogP contribution in [-0.4, -0.2) is 59.5 Å². The van der Waals surface area contributed by atoms with Crippen molar-refractivity contribution >= 4 is 21.9 Å². The molecule has 1 amide bonds. The fraction of sp³-hybridized carbons (Fsp3) is 0.500. The van der Waals surface area contributed by atoms with E-state index in [2.05, 4.69) is 15.5 Å². The fourth-order valence-corrected chi connectivity index (χ4v) is 3.92. The number of rotatable bonds is 4. The summed E-state index contributed by atoms with van der Waals surface area (Å²) in [6.45, 7) is 0.165. The number of carboxylic acid groups (broad SMARTS) is 1. The predicted octanol–water partition coefficient (Wildman–Crippen LogP) is -0.993. The van der Waals surface area contributed by atoms with Gasteiger partial charge in [0.2, 0.25) is 5.91 Å². The van der Waals surface area contributed by atoms with Crippen molar-refractivity contribution in [3.05, 3.63) is 11.8 Å². The minimum Gasteiger partial charge on any atom is -0.478 e. The van der Waals surface area contributed by atoms with Crippen LogP contribution in [0.2, 0.25) is 0 Å². The highest BCUT2D eigenvalue weighted by molar-refractivity contribution is 7.89. The van der Waals surface area contributed by atoms with Crippen molar-refractivity contribution in [1.82, 2.24) is 19.8 Å². The summed E-state index contributed by atoms with van der Waals surface area (Å²) in [4.78, 5) is 22.7. The average molecular weight is 302 g/mol. The number of hydrogen-bond donors (Lipinski definition) is 3. The fourth-order valence-electron chi connectivity index (χ4n) is 2.20. The number of hydrogen-bond acceptors (Lipinski definition) is 5. The van der Waals surface area contributed by atoms with Crippen LogP contribution in [0.4, 0.5) is 0 Å². The zero-order valence-electron chi connectivity index (χ0n) is 10.7. The summed E-state index contributed by atoms with van der Waals surface area (Å²) in [7, 11) is -2.68. The number of carbonyl (C=O) groups excluding carboxylic acids is 1. The molecule has 3 N–H and O–H groups in total. The lowest BCUT2D eigenvalue weighted by molar-refractivity contribution is -0.123. The van der Waals surface area contributed by atoms with Crippen LogP contribution in [0.5, 0.6) is 0 Å². The Morgan fingerprint density at radius 1 is 1.55 bits per heavy atom. The van der Waals surface area contributed by atoms with Gasteiger partial charge in [-0.3, -0.25) is 9.89 Å². The number of aromatic amines is 1. The molecular formula is C10H14N4O5S. The van der Waals surface area contributed by atoms with Gasteiger partial charge in [-0.25, -0.2) is 13.2 Å². The number of carbonyl (C=O) groups is 2. The van der Waals surface area contributed by atoms with Gasteiger partial charge in [0, 0.05) is 13.6 Å². The summed E-state index contributed by atoms with van der Waals surface area (Å²) < 4.78 is 25.9. The second kappa shape index (κ2) is 5.21. The van der Waals surface area contributed by atoms with E-state index in [9.17, 15) is 18.0 Å². The second-order valence-electron chi connectivity index (χ2n) is 4.31. The van der Waals surface area contributed by atoms with E-state index in [1.54, 1.807) is 0 Å². The minimum atomic E-state index is -4.10. The first-order chi connectivity index (χ1) is 9.39. The lowest BCUT2D eigenvalue weighted by Gasteiger charge is -2.22. The summed E-state index contributed by atoms with van der Waals surface area (Å²) in [5, 5.41) is 16.5. The zero-order valence-corrected chi connectivity index (χ0v) is 11.5. The Morgan fingerprint density at radius 2 is 2.25 bits per heavy atom. The molecule has 1 aliphatic rings. The van der Waals surface area contributed by atoms with Crippen molar-refractivity contribution < 1.29 is 23.1 Å². The van der Waals surface area contributed by atoms with Gasteiger partial charge in [-0.2, -0.15) is 9.40 Å². The molecule has 10 heteroatoms. The third-order valence-electron chi connectivity index (χ3n) is 3.15. The smallest absolute Gasteiger partial charge is 0.340 e. The van der Waals surface area contributed by atoms with Gasteiger partial charge in [0.15, 0.2) is 5.03 Å². The van der Waals surface area contributed by atoms with Gasteiger partial charge in [-0.15, -0.1) is 0 Å². The monoisotopic (exact) mass is 302 g/mol. The molecule has 0 bridgehead atoms. The average Bonchev–Trinajstić information content (AvgIpc) is 3.06. The minimum absolute atomic E-state index is 0.165. The van der Waals surface area contributed by atoms with Gasteiger partial charge in [0.1, 0.15) is 11.6 Å². The van der Waals surface area contributed by atoms with E-state index >= 15 is 0 Å². The summed E-state index contributed by atoms with van der Waals surface area (Å²) in [5.74, 6) is -1.81. The first-order valence-electron chi connectivity index (χ1n) is 5.89. The van der Waals surface area contributed by atoms with Gasteiger partial charge < -0.3 is 10.4 Å². The maximum atomic E-state index is 12.5. The Hall–Kier alpha value is -1.94. The van der Waals surface area contributed by atoms with Crippen molar-refractivity contribution in [3.8, 4) is 0 Å². The number of aromatic nitrogens is 2. The van der Waals surface area contributed by atoms with Gasteiger partial charge in [0.25, 0.3) is 10.0 Å². The Labute approximate surface area is 115 Å². The molecule has 0 saturated carbocycles. The van der Waals surface area contributed by atoms with E-state index in [-0.39, 0.29) is 6.54 Å². The molecule has 1 aliphatic heterocycles. The standard InChI is InChI=1S/C10H14N4O5S/c1-11-8(15)7-3-2-4-14(7)20(18,19)9-6(10(16)17)5-12-13-9/h5,7H,2-4H2,1H3,(H,11,15)(H,12,13)(H,16,17). The molecule has 1 aromatic rings. The Kier molecular flexibility index (Phi) is 3.77. The van der Waals surface area contributed by atoms with Crippen LogP contribution < -0.4 is 5.32 Å². The normalized spacial score (nSPS) is 19.9. The van der Waals surface area contributed by atoms with Gasteiger partial charge in [0.05, 0.1) is 6.20 Å². The molecule has 110 valence electrons. The number of aromatic carboxylic acids is 1. The molecule has 0 aromatic carbocycles. The molecule has 9 nitrogen and oxygen atoms in total. The van der Waals surface area contributed by atoms with Crippen LogP contribution in [-0.2, 0) is 14.8 Å². The van der Waals surface area contributed by atoms with Crippen molar-refractivity contribution in [1.29, 1.82) is 0 Å². The molecule has 1 unspecified atom stereocenters. The van der Waals surface area contributed by atoms with E-state index in [4.69, 9.17) is 5.11 Å². The number of carboxylic acids is 1. The van der Waals surface area contributed by atoms with Crippen LogP contribution in [0.25, 0.3) is 0 Å². The Balaban J connectivity index is 2.42. The molecule has 20 heavy (non-hydrogen) atoms. The van der Waals surface area contributed by atoms with Gasteiger partial charge in [-0.05, 0) is 12.8 Å². The molecule has 0 spiro atoms. The quantitative estimate of drug-likeness (QED) is 0.654. The number of nitrogens with zero attached hydrogens (tertiary/aromatic N) is 2. The van der Waals surface area contributed by atoms with Crippen LogP contribution in [0.3, 0.4) is 0 Å². The lowest BCUT2D eigenvalue weighted by atomic mass is 10.2. The first kappa shape index (κ1) is 14.5. The lowest BCUT2D eigenvalue weighted by Crippen LogP contribution is -2.45. The number of amides is 1. The molecule has 1 saturated heterocycles. The third kappa shape index (κ3) is 2.27. The maximum Gasteiger partial charge on any atom is 0.340 e.